The highest BCUT2D eigenvalue weighted by atomic mass is 15.3. The van der Waals surface area contributed by atoms with E-state index in [4.69, 9.17) is 10.1 Å². The predicted octanol–water partition coefficient (Wildman–Crippen LogP) is 7.46. The van der Waals surface area contributed by atoms with E-state index in [-0.39, 0.29) is 0 Å². The highest BCUT2D eigenvalue weighted by molar-refractivity contribution is 5.83. The van der Waals surface area contributed by atoms with Crippen LogP contribution in [0.25, 0.3) is 28.0 Å². The number of hydrogen-bond donors (Lipinski definition) is 1. The van der Waals surface area contributed by atoms with Crippen LogP contribution in [-0.2, 0) is 6.42 Å². The molecule has 0 atom stereocenters. The van der Waals surface area contributed by atoms with Crippen LogP contribution in [0.2, 0.25) is 0 Å². The summed E-state index contributed by atoms with van der Waals surface area (Å²) in [7, 11) is 0. The number of unbranched alkanes of at least 4 members (excludes halogenated alkanes) is 1. The summed E-state index contributed by atoms with van der Waals surface area (Å²) in [6, 6.07) is 31.5. The van der Waals surface area contributed by atoms with Gasteiger partial charge < -0.3 is 5.32 Å². The smallest absolute Gasteiger partial charge is 0.166 e. The largest absolute Gasteiger partial charge is 0.340 e. The molecule has 4 heteroatoms. The fourth-order valence-corrected chi connectivity index (χ4v) is 4.20. The van der Waals surface area contributed by atoms with Crippen molar-refractivity contribution in [1.29, 1.82) is 0 Å². The van der Waals surface area contributed by atoms with Crippen LogP contribution in [0, 0.1) is 6.92 Å². The summed E-state index contributed by atoms with van der Waals surface area (Å²) < 4.78 is 1.93. The Morgan fingerprint density at radius 3 is 2.15 bits per heavy atom. The molecule has 0 amide bonds. The maximum atomic E-state index is 5.05. The fraction of sp³-hybridized carbons (Fsp3) is 0.172. The van der Waals surface area contributed by atoms with Crippen LogP contribution in [0.4, 0.5) is 11.5 Å². The van der Waals surface area contributed by atoms with Gasteiger partial charge in [-0.05, 0) is 43.0 Å². The molecule has 2 aromatic heterocycles. The second-order valence-corrected chi connectivity index (χ2v) is 8.38. The summed E-state index contributed by atoms with van der Waals surface area (Å²) >= 11 is 0. The van der Waals surface area contributed by atoms with E-state index < -0.39 is 0 Å². The lowest BCUT2D eigenvalue weighted by Gasteiger charge is -2.12. The Hall–Kier alpha value is -3.92. The van der Waals surface area contributed by atoms with E-state index in [0.29, 0.717) is 0 Å². The van der Waals surface area contributed by atoms with Crippen molar-refractivity contribution in [3.8, 4) is 22.4 Å². The van der Waals surface area contributed by atoms with Gasteiger partial charge >= 0.3 is 0 Å². The van der Waals surface area contributed by atoms with E-state index in [2.05, 4.69) is 79.0 Å². The number of hydrogen-bond acceptors (Lipinski definition) is 3. The predicted molar refractivity (Wildman–Crippen MR) is 137 cm³/mol. The van der Waals surface area contributed by atoms with Crippen molar-refractivity contribution in [2.75, 3.05) is 5.32 Å². The van der Waals surface area contributed by atoms with Crippen molar-refractivity contribution >= 4 is 17.2 Å². The third-order valence-corrected chi connectivity index (χ3v) is 5.94. The number of nitrogens with zero attached hydrogens (tertiary/aromatic N) is 3. The minimum Gasteiger partial charge on any atom is -0.340 e. The Morgan fingerprint density at radius 2 is 1.48 bits per heavy atom. The Balaban J connectivity index is 1.63. The normalized spacial score (nSPS) is 11.1. The minimum absolute atomic E-state index is 0.849. The maximum absolute atomic E-state index is 5.05. The molecule has 0 spiro atoms. The van der Waals surface area contributed by atoms with Gasteiger partial charge in [0.05, 0.1) is 11.4 Å². The molecule has 5 aromatic rings. The molecule has 0 aliphatic carbocycles. The summed E-state index contributed by atoms with van der Waals surface area (Å²) in [6.07, 6.45) is 3.54. The second-order valence-electron chi connectivity index (χ2n) is 8.38. The van der Waals surface area contributed by atoms with Gasteiger partial charge in [0.1, 0.15) is 5.82 Å². The lowest BCUT2D eigenvalue weighted by molar-refractivity contribution is 0.795. The molecule has 33 heavy (non-hydrogen) atoms. The van der Waals surface area contributed by atoms with Crippen molar-refractivity contribution in [3.63, 3.8) is 0 Å². The quantitative estimate of drug-likeness (QED) is 0.290. The molecule has 0 saturated carbocycles. The highest BCUT2D eigenvalue weighted by Gasteiger charge is 2.17. The Morgan fingerprint density at radius 1 is 0.818 bits per heavy atom. The number of aryl methyl sites for hydroxylation is 2. The van der Waals surface area contributed by atoms with Crippen LogP contribution in [0.3, 0.4) is 0 Å². The number of aromatic nitrogens is 3. The monoisotopic (exact) mass is 432 g/mol. The van der Waals surface area contributed by atoms with E-state index in [1.54, 1.807) is 0 Å². The molecule has 4 nitrogen and oxygen atoms in total. The zero-order chi connectivity index (χ0) is 22.6. The van der Waals surface area contributed by atoms with E-state index in [9.17, 15) is 0 Å². The molecule has 1 N–H and O–H groups in total. The first-order valence-electron chi connectivity index (χ1n) is 11.6. The first-order valence-corrected chi connectivity index (χ1v) is 11.6. The topological polar surface area (TPSA) is 42.2 Å². The minimum atomic E-state index is 0.849. The number of benzene rings is 3. The summed E-state index contributed by atoms with van der Waals surface area (Å²) in [5.41, 5.74) is 8.39. The van der Waals surface area contributed by atoms with E-state index in [0.717, 1.165) is 51.7 Å². The molecule has 3 aromatic carbocycles. The highest BCUT2D eigenvalue weighted by Crippen LogP contribution is 2.32. The van der Waals surface area contributed by atoms with Crippen molar-refractivity contribution in [3.05, 3.63) is 102 Å². The Labute approximate surface area is 195 Å². The van der Waals surface area contributed by atoms with Gasteiger partial charge in [-0.2, -0.15) is 9.61 Å². The SMILES string of the molecule is CCCCc1ccc(Nc2cc(-c3ccccc3)nc3c(-c4ccccc4)c(C)nn23)cc1. The Kier molecular flexibility index (Phi) is 5.90. The van der Waals surface area contributed by atoms with Gasteiger partial charge in [0.2, 0.25) is 0 Å². The van der Waals surface area contributed by atoms with Gasteiger partial charge in [0.25, 0.3) is 0 Å². The molecular formula is C29H28N4. The van der Waals surface area contributed by atoms with Gasteiger partial charge in [-0.3, -0.25) is 0 Å². The van der Waals surface area contributed by atoms with Crippen LogP contribution >= 0.6 is 0 Å². The molecule has 0 radical (unpaired) electrons. The molecule has 5 rings (SSSR count). The van der Waals surface area contributed by atoms with Gasteiger partial charge in [-0.15, -0.1) is 0 Å². The molecule has 0 aliphatic rings. The number of nitrogens with one attached hydrogen (secondary N) is 1. The van der Waals surface area contributed by atoms with Gasteiger partial charge in [0, 0.05) is 22.9 Å². The summed E-state index contributed by atoms with van der Waals surface area (Å²) in [4.78, 5) is 5.05. The first kappa shape index (κ1) is 21.0. The zero-order valence-electron chi connectivity index (χ0n) is 19.1. The van der Waals surface area contributed by atoms with Crippen molar-refractivity contribution < 1.29 is 0 Å². The molecule has 0 aliphatic heterocycles. The fourth-order valence-electron chi connectivity index (χ4n) is 4.20. The average Bonchev–Trinajstić information content (AvgIpc) is 3.20. The van der Waals surface area contributed by atoms with E-state index >= 15 is 0 Å². The van der Waals surface area contributed by atoms with Crippen molar-refractivity contribution in [2.24, 2.45) is 0 Å². The van der Waals surface area contributed by atoms with Crippen LogP contribution in [0.15, 0.2) is 91.0 Å². The molecule has 2 heterocycles. The molecule has 164 valence electrons. The lowest BCUT2D eigenvalue weighted by Crippen LogP contribution is -2.03. The molecule has 0 saturated heterocycles. The average molecular weight is 433 g/mol. The van der Waals surface area contributed by atoms with Crippen molar-refractivity contribution in [1.82, 2.24) is 14.6 Å². The van der Waals surface area contributed by atoms with Crippen LogP contribution in [-0.4, -0.2) is 14.6 Å². The lowest BCUT2D eigenvalue weighted by atomic mass is 10.1. The van der Waals surface area contributed by atoms with Crippen LogP contribution < -0.4 is 5.32 Å². The zero-order valence-corrected chi connectivity index (χ0v) is 19.1. The third kappa shape index (κ3) is 4.37. The van der Waals surface area contributed by atoms with Gasteiger partial charge in [0.15, 0.2) is 5.65 Å². The van der Waals surface area contributed by atoms with Crippen LogP contribution in [0.5, 0.6) is 0 Å². The number of rotatable bonds is 7. The van der Waals surface area contributed by atoms with Gasteiger partial charge in [-0.1, -0.05) is 86.1 Å². The maximum Gasteiger partial charge on any atom is 0.166 e. The summed E-state index contributed by atoms with van der Waals surface area (Å²) in [5, 5.41) is 8.46. The number of fused-ring (bicyclic) bond motifs is 1. The summed E-state index contributed by atoms with van der Waals surface area (Å²) in [6.45, 7) is 4.27. The van der Waals surface area contributed by atoms with E-state index in [1.807, 2.05) is 35.7 Å². The molecule has 0 fully saturated rings. The second kappa shape index (κ2) is 9.29. The standard InChI is InChI=1S/C29H28N4/c1-3-4-11-22-16-18-25(19-17-22)30-27-20-26(23-12-7-5-8-13-23)31-29-28(21(2)32-33(27)29)24-14-9-6-10-15-24/h5-10,12-20,30H,3-4,11H2,1-2H3. The van der Waals surface area contributed by atoms with Crippen molar-refractivity contribution in [2.45, 2.75) is 33.1 Å². The number of anilines is 2. The molecular weight excluding hydrogens is 404 g/mol. The van der Waals surface area contributed by atoms with E-state index in [1.165, 1.54) is 18.4 Å². The summed E-state index contributed by atoms with van der Waals surface area (Å²) in [5.74, 6) is 0.894. The third-order valence-electron chi connectivity index (χ3n) is 5.94. The molecule has 0 bridgehead atoms. The van der Waals surface area contributed by atoms with Crippen LogP contribution in [0.1, 0.15) is 31.0 Å². The Bertz CT molecular complexity index is 1350. The van der Waals surface area contributed by atoms with Gasteiger partial charge in [-0.25, -0.2) is 4.98 Å². The molecule has 0 unspecified atom stereocenters. The first-order chi connectivity index (χ1) is 16.2.